The van der Waals surface area contributed by atoms with Crippen LogP contribution in [0.2, 0.25) is 0 Å². The summed E-state index contributed by atoms with van der Waals surface area (Å²) < 4.78 is 31.3. The van der Waals surface area contributed by atoms with E-state index >= 15 is 0 Å². The number of nitrogens with one attached hydrogen (secondary N) is 1. The van der Waals surface area contributed by atoms with Crippen LogP contribution in [-0.2, 0) is 10.0 Å². The summed E-state index contributed by atoms with van der Waals surface area (Å²) in [6.07, 6.45) is 3.13. The number of sulfonamides is 1. The van der Waals surface area contributed by atoms with Gasteiger partial charge in [0.05, 0.1) is 12.0 Å². The number of rotatable bonds is 7. The van der Waals surface area contributed by atoms with Gasteiger partial charge in [-0.15, -0.1) is 0 Å². The number of nitrogens with two attached hydrogens (primary N) is 1. The van der Waals surface area contributed by atoms with Gasteiger partial charge in [-0.2, -0.15) is 0 Å². The number of hydrogen-bond acceptors (Lipinski definition) is 6. The van der Waals surface area contributed by atoms with Crippen molar-refractivity contribution in [2.75, 3.05) is 20.2 Å². The van der Waals surface area contributed by atoms with Gasteiger partial charge in [0.2, 0.25) is 10.0 Å². The van der Waals surface area contributed by atoms with Gasteiger partial charge in [-0.05, 0) is 6.07 Å². The first-order valence-corrected chi connectivity index (χ1v) is 7.08. The second kappa shape index (κ2) is 6.98. The molecule has 3 N–H and O–H groups in total. The molecule has 0 bridgehead atoms. The summed E-state index contributed by atoms with van der Waals surface area (Å²) in [7, 11) is -2.62. The van der Waals surface area contributed by atoms with Crippen molar-refractivity contribution in [2.24, 2.45) is 5.73 Å². The topological polar surface area (TPSA) is 125 Å². The number of nitro benzene ring substituents is 1. The van der Waals surface area contributed by atoms with Crippen LogP contribution in [0.1, 0.15) is 0 Å². The van der Waals surface area contributed by atoms with Gasteiger partial charge in [0.15, 0.2) is 0 Å². The molecular weight excluding hydrogens is 286 g/mol. The second-order valence-corrected chi connectivity index (χ2v) is 5.39. The predicted molar refractivity (Wildman–Crippen MR) is 73.0 cm³/mol. The Morgan fingerprint density at radius 1 is 1.45 bits per heavy atom. The van der Waals surface area contributed by atoms with E-state index in [2.05, 4.69) is 4.72 Å². The minimum Gasteiger partial charge on any atom is -0.495 e. The van der Waals surface area contributed by atoms with Crippen LogP contribution in [0.4, 0.5) is 5.69 Å². The molecule has 20 heavy (non-hydrogen) atoms. The zero-order valence-corrected chi connectivity index (χ0v) is 11.6. The SMILES string of the molecule is COc1ccc([N+](=O)[O-])cc1S(=O)(=O)NC/C=C/CN. The van der Waals surface area contributed by atoms with E-state index in [-0.39, 0.29) is 22.9 Å². The molecule has 0 fully saturated rings. The van der Waals surface area contributed by atoms with Crippen LogP contribution in [0.5, 0.6) is 5.75 Å². The first kappa shape index (κ1) is 16.1. The lowest BCUT2D eigenvalue weighted by atomic mass is 10.3. The van der Waals surface area contributed by atoms with Crippen molar-refractivity contribution in [1.82, 2.24) is 4.72 Å². The monoisotopic (exact) mass is 301 g/mol. The third kappa shape index (κ3) is 4.02. The van der Waals surface area contributed by atoms with E-state index in [4.69, 9.17) is 10.5 Å². The van der Waals surface area contributed by atoms with Crippen LogP contribution in [0.25, 0.3) is 0 Å². The fraction of sp³-hybridized carbons (Fsp3) is 0.273. The van der Waals surface area contributed by atoms with Gasteiger partial charge in [0.1, 0.15) is 10.6 Å². The summed E-state index contributed by atoms with van der Waals surface area (Å²) in [6.45, 7) is 0.327. The highest BCUT2D eigenvalue weighted by molar-refractivity contribution is 7.89. The average Bonchev–Trinajstić information content (AvgIpc) is 2.42. The molecule has 0 atom stereocenters. The first-order chi connectivity index (χ1) is 9.42. The standard InChI is InChI=1S/C11H15N3O5S/c1-19-10-5-4-9(14(15)16)8-11(10)20(17,18)13-7-3-2-6-12/h2-5,8,13H,6-7,12H2,1H3/b3-2+. The second-order valence-electron chi connectivity index (χ2n) is 3.65. The Balaban J connectivity index is 3.11. The summed E-state index contributed by atoms with van der Waals surface area (Å²) >= 11 is 0. The van der Waals surface area contributed by atoms with Crippen molar-refractivity contribution in [3.63, 3.8) is 0 Å². The van der Waals surface area contributed by atoms with Crippen LogP contribution >= 0.6 is 0 Å². The van der Waals surface area contributed by atoms with Gasteiger partial charge in [0.25, 0.3) is 5.69 Å². The molecule has 110 valence electrons. The molecule has 8 nitrogen and oxygen atoms in total. The Morgan fingerprint density at radius 3 is 2.70 bits per heavy atom. The summed E-state index contributed by atoms with van der Waals surface area (Å²) in [5.74, 6) is 0.0332. The van der Waals surface area contributed by atoms with Crippen LogP contribution in [0.3, 0.4) is 0 Å². The third-order valence-electron chi connectivity index (χ3n) is 2.34. The number of ether oxygens (including phenoxy) is 1. The molecule has 0 spiro atoms. The van der Waals surface area contributed by atoms with E-state index in [1.807, 2.05) is 0 Å². The van der Waals surface area contributed by atoms with Crippen LogP contribution in [0, 0.1) is 10.1 Å². The van der Waals surface area contributed by atoms with Crippen molar-refractivity contribution in [2.45, 2.75) is 4.90 Å². The molecule has 9 heteroatoms. The maximum Gasteiger partial charge on any atom is 0.271 e. The van der Waals surface area contributed by atoms with Gasteiger partial charge < -0.3 is 10.5 Å². The molecule has 0 saturated carbocycles. The quantitative estimate of drug-likeness (QED) is 0.426. The van der Waals surface area contributed by atoms with Gasteiger partial charge in [-0.3, -0.25) is 10.1 Å². The summed E-state index contributed by atoms with van der Waals surface area (Å²) in [4.78, 5) is 9.75. The normalized spacial score (nSPS) is 11.7. The zero-order valence-electron chi connectivity index (χ0n) is 10.8. The Bertz CT molecular complexity index is 612. The largest absolute Gasteiger partial charge is 0.495 e. The number of nitrogens with zero attached hydrogens (tertiary/aromatic N) is 1. The molecular formula is C11H15N3O5S. The maximum absolute atomic E-state index is 12.1. The lowest BCUT2D eigenvalue weighted by molar-refractivity contribution is -0.385. The molecule has 0 amide bonds. The molecule has 0 heterocycles. The fourth-order valence-corrected chi connectivity index (χ4v) is 2.57. The van der Waals surface area contributed by atoms with Gasteiger partial charge in [-0.1, -0.05) is 12.2 Å². The smallest absolute Gasteiger partial charge is 0.271 e. The number of non-ortho nitro benzene ring substituents is 1. The molecule has 1 aromatic carbocycles. The van der Waals surface area contributed by atoms with E-state index < -0.39 is 14.9 Å². The van der Waals surface area contributed by atoms with E-state index in [1.54, 1.807) is 12.2 Å². The van der Waals surface area contributed by atoms with Crippen LogP contribution in [0.15, 0.2) is 35.2 Å². The van der Waals surface area contributed by atoms with Gasteiger partial charge in [0, 0.05) is 25.2 Å². The molecule has 0 aromatic heterocycles. The van der Waals surface area contributed by atoms with Crippen molar-refractivity contribution in [1.29, 1.82) is 0 Å². The summed E-state index contributed by atoms with van der Waals surface area (Å²) in [5.41, 5.74) is 4.90. The highest BCUT2D eigenvalue weighted by Gasteiger charge is 2.22. The van der Waals surface area contributed by atoms with E-state index in [0.717, 1.165) is 6.07 Å². The lowest BCUT2D eigenvalue weighted by Gasteiger charge is -2.09. The summed E-state index contributed by atoms with van der Waals surface area (Å²) in [6, 6.07) is 3.36. The maximum atomic E-state index is 12.1. The Hall–Kier alpha value is -1.97. The molecule has 0 saturated heterocycles. The van der Waals surface area contributed by atoms with Gasteiger partial charge in [-0.25, -0.2) is 13.1 Å². The zero-order chi connectivity index (χ0) is 15.2. The molecule has 0 radical (unpaired) electrons. The van der Waals surface area contributed by atoms with Crippen molar-refractivity contribution >= 4 is 15.7 Å². The van der Waals surface area contributed by atoms with Crippen molar-refractivity contribution < 1.29 is 18.1 Å². The lowest BCUT2D eigenvalue weighted by Crippen LogP contribution is -2.24. The number of benzene rings is 1. The van der Waals surface area contributed by atoms with Crippen LogP contribution < -0.4 is 15.2 Å². The number of methoxy groups -OCH3 is 1. The highest BCUT2D eigenvalue weighted by atomic mass is 32.2. The molecule has 0 aliphatic rings. The van der Waals surface area contributed by atoms with Crippen molar-refractivity contribution in [3.05, 3.63) is 40.5 Å². The van der Waals surface area contributed by atoms with Gasteiger partial charge >= 0.3 is 0 Å². The van der Waals surface area contributed by atoms with E-state index in [1.165, 1.54) is 19.2 Å². The Labute approximate surface area is 116 Å². The Kier molecular flexibility index (Phi) is 5.62. The Morgan fingerprint density at radius 2 is 2.15 bits per heavy atom. The molecule has 1 rings (SSSR count). The fourth-order valence-electron chi connectivity index (χ4n) is 1.40. The van der Waals surface area contributed by atoms with Crippen LogP contribution in [-0.4, -0.2) is 33.5 Å². The van der Waals surface area contributed by atoms with E-state index in [0.29, 0.717) is 6.54 Å². The summed E-state index contributed by atoms with van der Waals surface area (Å²) in [5, 5.41) is 10.7. The highest BCUT2D eigenvalue weighted by Crippen LogP contribution is 2.27. The molecule has 0 aliphatic heterocycles. The third-order valence-corrected chi connectivity index (χ3v) is 3.79. The molecule has 0 unspecified atom stereocenters. The molecule has 1 aromatic rings. The number of nitro groups is 1. The number of hydrogen-bond donors (Lipinski definition) is 2. The average molecular weight is 301 g/mol. The molecule has 0 aliphatic carbocycles. The predicted octanol–water partition coefficient (Wildman–Crippen LogP) is 0.397. The first-order valence-electron chi connectivity index (χ1n) is 5.59. The minimum atomic E-state index is -3.91. The van der Waals surface area contributed by atoms with E-state index in [9.17, 15) is 18.5 Å². The van der Waals surface area contributed by atoms with Crippen molar-refractivity contribution in [3.8, 4) is 5.75 Å². The minimum absolute atomic E-state index is 0.0331.